The maximum absolute atomic E-state index is 10.9. The summed E-state index contributed by atoms with van der Waals surface area (Å²) in [4.78, 5) is 13.8. The first-order chi connectivity index (χ1) is 10.0. The van der Waals surface area contributed by atoms with Gasteiger partial charge in [0, 0.05) is 15.9 Å². The quantitative estimate of drug-likeness (QED) is 0.680. The summed E-state index contributed by atoms with van der Waals surface area (Å²) in [5.41, 5.74) is 0.893. The number of halogens is 2. The average molecular weight is 367 g/mol. The number of fused-ring (bicyclic) bond motifs is 1. The second-order valence-electron chi connectivity index (χ2n) is 4.41. The molecule has 0 unspecified atom stereocenters. The van der Waals surface area contributed by atoms with Crippen LogP contribution in [0, 0.1) is 0 Å². The molecular formula is C15H9BrClNO3. The molecule has 3 aromatic rings. The van der Waals surface area contributed by atoms with Crippen molar-refractivity contribution in [2.75, 3.05) is 0 Å². The predicted octanol–water partition coefficient (Wildman–Crippen LogP) is 5.07. The van der Waals surface area contributed by atoms with Crippen LogP contribution in [0.25, 0.3) is 10.9 Å². The Kier molecular flexibility index (Phi) is 3.61. The number of carboxylic acid groups (broad SMARTS) is 1. The van der Waals surface area contributed by atoms with Gasteiger partial charge in [0.15, 0.2) is 0 Å². The lowest BCUT2D eigenvalue weighted by Gasteiger charge is -2.08. The summed E-state index contributed by atoms with van der Waals surface area (Å²) < 4.78 is 6.52. The molecule has 0 atom stereocenters. The normalized spacial score (nSPS) is 10.8. The van der Waals surface area contributed by atoms with Crippen molar-refractivity contribution in [2.45, 2.75) is 0 Å². The van der Waals surface area contributed by atoms with E-state index in [-0.39, 0.29) is 5.69 Å². The van der Waals surface area contributed by atoms with Gasteiger partial charge < -0.3 is 14.8 Å². The maximum Gasteiger partial charge on any atom is 0.352 e. The van der Waals surface area contributed by atoms with Crippen molar-refractivity contribution >= 4 is 44.4 Å². The minimum absolute atomic E-state index is 0.148. The number of nitrogens with one attached hydrogen (secondary N) is 1. The number of ether oxygens (including phenoxy) is 1. The van der Waals surface area contributed by atoms with E-state index in [4.69, 9.17) is 21.4 Å². The number of H-pyrrole nitrogens is 1. The summed E-state index contributed by atoms with van der Waals surface area (Å²) in [6.45, 7) is 0. The second kappa shape index (κ2) is 5.42. The fourth-order valence-corrected chi connectivity index (χ4v) is 2.74. The Morgan fingerprint density at radius 3 is 2.71 bits per heavy atom. The maximum atomic E-state index is 10.9. The Hall–Kier alpha value is -1.98. The zero-order valence-corrected chi connectivity index (χ0v) is 12.9. The molecule has 0 amide bonds. The third kappa shape index (κ3) is 2.89. The number of rotatable bonds is 3. The Bertz CT molecular complexity index is 844. The lowest BCUT2D eigenvalue weighted by atomic mass is 10.2. The van der Waals surface area contributed by atoms with Gasteiger partial charge >= 0.3 is 5.97 Å². The van der Waals surface area contributed by atoms with Gasteiger partial charge in [-0.1, -0.05) is 11.6 Å². The number of aromatic amines is 1. The summed E-state index contributed by atoms with van der Waals surface area (Å²) in [5.74, 6) is 0.253. The highest BCUT2D eigenvalue weighted by molar-refractivity contribution is 9.10. The molecule has 106 valence electrons. The Balaban J connectivity index is 1.95. The van der Waals surface area contributed by atoms with E-state index < -0.39 is 5.97 Å². The first-order valence-electron chi connectivity index (χ1n) is 6.02. The molecule has 0 spiro atoms. The van der Waals surface area contributed by atoms with E-state index in [9.17, 15) is 4.79 Å². The first kappa shape index (κ1) is 14.0. The van der Waals surface area contributed by atoms with Crippen molar-refractivity contribution in [1.82, 2.24) is 4.98 Å². The molecule has 3 rings (SSSR count). The second-order valence-corrected chi connectivity index (χ2v) is 5.70. The molecule has 0 bridgehead atoms. The molecule has 4 nitrogen and oxygen atoms in total. The Morgan fingerprint density at radius 1 is 1.19 bits per heavy atom. The third-order valence-corrected chi connectivity index (χ3v) is 3.80. The van der Waals surface area contributed by atoms with Crippen LogP contribution in [0.3, 0.4) is 0 Å². The van der Waals surface area contributed by atoms with E-state index in [0.29, 0.717) is 16.5 Å². The molecule has 0 radical (unpaired) electrons. The number of carbonyl (C=O) groups is 1. The van der Waals surface area contributed by atoms with E-state index in [1.54, 1.807) is 42.5 Å². The molecule has 0 saturated carbocycles. The zero-order chi connectivity index (χ0) is 15.0. The monoisotopic (exact) mass is 365 g/mol. The number of aromatic nitrogens is 1. The van der Waals surface area contributed by atoms with Crippen LogP contribution in [0.5, 0.6) is 11.5 Å². The van der Waals surface area contributed by atoms with E-state index >= 15 is 0 Å². The van der Waals surface area contributed by atoms with Gasteiger partial charge in [-0.25, -0.2) is 4.79 Å². The molecule has 0 aliphatic rings. The van der Waals surface area contributed by atoms with Crippen LogP contribution in [0.1, 0.15) is 10.5 Å². The van der Waals surface area contributed by atoms with Gasteiger partial charge in [0.05, 0.1) is 4.47 Å². The molecule has 21 heavy (non-hydrogen) atoms. The fourth-order valence-electron chi connectivity index (χ4n) is 1.97. The predicted molar refractivity (Wildman–Crippen MR) is 84.5 cm³/mol. The molecule has 1 heterocycles. The molecule has 0 saturated heterocycles. The fraction of sp³-hybridized carbons (Fsp3) is 0. The summed E-state index contributed by atoms with van der Waals surface area (Å²) in [6.07, 6.45) is 0. The van der Waals surface area contributed by atoms with Crippen molar-refractivity contribution in [3.05, 3.63) is 57.7 Å². The van der Waals surface area contributed by atoms with Crippen molar-refractivity contribution in [2.24, 2.45) is 0 Å². The van der Waals surface area contributed by atoms with Crippen molar-refractivity contribution in [3.8, 4) is 11.5 Å². The van der Waals surface area contributed by atoms with Crippen LogP contribution in [-0.4, -0.2) is 16.1 Å². The standard InChI is InChI=1S/C15H9BrClNO3/c16-11-7-9(17)1-4-14(11)21-10-2-3-12-8(5-10)6-13(18-12)15(19)20/h1-7,18H,(H,19,20). The van der Waals surface area contributed by atoms with Gasteiger partial charge in [-0.3, -0.25) is 0 Å². The average Bonchev–Trinajstić information content (AvgIpc) is 2.85. The van der Waals surface area contributed by atoms with Gasteiger partial charge in [-0.05, 0) is 58.4 Å². The van der Waals surface area contributed by atoms with Crippen molar-refractivity contribution < 1.29 is 14.6 Å². The number of aromatic carboxylic acids is 1. The summed E-state index contributed by atoms with van der Waals surface area (Å²) in [5, 5.41) is 10.4. The highest BCUT2D eigenvalue weighted by Gasteiger charge is 2.09. The summed E-state index contributed by atoms with van der Waals surface area (Å²) >= 11 is 9.27. The molecule has 0 fully saturated rings. The molecular weight excluding hydrogens is 358 g/mol. The Labute approximate surface area is 133 Å². The van der Waals surface area contributed by atoms with Gasteiger partial charge in [0.25, 0.3) is 0 Å². The summed E-state index contributed by atoms with van der Waals surface area (Å²) in [6, 6.07) is 12.1. The van der Waals surface area contributed by atoms with E-state index in [1.807, 2.05) is 0 Å². The van der Waals surface area contributed by atoms with E-state index in [1.165, 1.54) is 0 Å². The lowest BCUT2D eigenvalue weighted by Crippen LogP contribution is -1.94. The van der Waals surface area contributed by atoms with Gasteiger partial charge in [0.2, 0.25) is 0 Å². The number of carboxylic acids is 1. The molecule has 6 heteroatoms. The molecule has 0 aliphatic carbocycles. The minimum Gasteiger partial charge on any atom is -0.477 e. The smallest absolute Gasteiger partial charge is 0.352 e. The highest BCUT2D eigenvalue weighted by atomic mass is 79.9. The first-order valence-corrected chi connectivity index (χ1v) is 7.19. The SMILES string of the molecule is O=C(O)c1cc2cc(Oc3ccc(Cl)cc3Br)ccc2[nH]1. The lowest BCUT2D eigenvalue weighted by molar-refractivity contribution is 0.0691. The van der Waals surface area contributed by atoms with Crippen LogP contribution in [0.4, 0.5) is 0 Å². The molecule has 2 aromatic carbocycles. The number of benzene rings is 2. The molecule has 0 aliphatic heterocycles. The van der Waals surface area contributed by atoms with Gasteiger partial charge in [0.1, 0.15) is 17.2 Å². The van der Waals surface area contributed by atoms with E-state index in [0.717, 1.165) is 15.4 Å². The summed E-state index contributed by atoms with van der Waals surface area (Å²) in [7, 11) is 0. The zero-order valence-electron chi connectivity index (χ0n) is 10.6. The number of hydrogen-bond donors (Lipinski definition) is 2. The third-order valence-electron chi connectivity index (χ3n) is 2.94. The van der Waals surface area contributed by atoms with E-state index in [2.05, 4.69) is 20.9 Å². The molecule has 1 aromatic heterocycles. The van der Waals surface area contributed by atoms with Crippen molar-refractivity contribution in [3.63, 3.8) is 0 Å². The van der Waals surface area contributed by atoms with Crippen LogP contribution >= 0.6 is 27.5 Å². The van der Waals surface area contributed by atoms with Crippen LogP contribution in [0.2, 0.25) is 5.02 Å². The van der Waals surface area contributed by atoms with Gasteiger partial charge in [-0.2, -0.15) is 0 Å². The van der Waals surface area contributed by atoms with Crippen LogP contribution in [0.15, 0.2) is 46.9 Å². The topological polar surface area (TPSA) is 62.3 Å². The van der Waals surface area contributed by atoms with Crippen LogP contribution in [-0.2, 0) is 0 Å². The van der Waals surface area contributed by atoms with Crippen LogP contribution < -0.4 is 4.74 Å². The largest absolute Gasteiger partial charge is 0.477 e. The van der Waals surface area contributed by atoms with Gasteiger partial charge in [-0.15, -0.1) is 0 Å². The Morgan fingerprint density at radius 2 is 2.00 bits per heavy atom. The molecule has 2 N–H and O–H groups in total. The minimum atomic E-state index is -0.992. The van der Waals surface area contributed by atoms with Crippen molar-refractivity contribution in [1.29, 1.82) is 0 Å². The number of hydrogen-bond acceptors (Lipinski definition) is 2. The highest BCUT2D eigenvalue weighted by Crippen LogP contribution is 2.33.